The van der Waals surface area contributed by atoms with Gasteiger partial charge in [-0.25, -0.2) is 0 Å². The lowest BCUT2D eigenvalue weighted by molar-refractivity contribution is 0.321. The van der Waals surface area contributed by atoms with Gasteiger partial charge in [0, 0.05) is 25.7 Å². The third-order valence-corrected chi connectivity index (χ3v) is 3.42. The van der Waals surface area contributed by atoms with Crippen molar-refractivity contribution in [3.8, 4) is 0 Å². The third-order valence-electron chi connectivity index (χ3n) is 3.42. The van der Waals surface area contributed by atoms with Gasteiger partial charge in [0.1, 0.15) is 0 Å². The lowest BCUT2D eigenvalue weighted by Crippen LogP contribution is -2.30. The van der Waals surface area contributed by atoms with E-state index < -0.39 is 0 Å². The number of rotatable bonds is 6. The van der Waals surface area contributed by atoms with Gasteiger partial charge < -0.3 is 10.2 Å². The van der Waals surface area contributed by atoms with Crippen LogP contribution in [0.4, 0.5) is 0 Å². The summed E-state index contributed by atoms with van der Waals surface area (Å²) in [5, 5.41) is 3.53. The maximum atomic E-state index is 3.53. The number of nitrogens with one attached hydrogen (secondary N) is 1. The summed E-state index contributed by atoms with van der Waals surface area (Å²) in [5.74, 6) is 0. The van der Waals surface area contributed by atoms with Crippen molar-refractivity contribution in [2.24, 2.45) is 0 Å². The van der Waals surface area contributed by atoms with Gasteiger partial charge in [0.05, 0.1) is 0 Å². The highest BCUT2D eigenvalue weighted by Gasteiger charge is 2.25. The van der Waals surface area contributed by atoms with Crippen LogP contribution in [-0.2, 0) is 6.54 Å². The van der Waals surface area contributed by atoms with Gasteiger partial charge >= 0.3 is 0 Å². The van der Waals surface area contributed by atoms with E-state index in [1.807, 2.05) is 0 Å². The number of hydrogen-bond donors (Lipinski definition) is 1. The van der Waals surface area contributed by atoms with Gasteiger partial charge in [0.2, 0.25) is 0 Å². The highest BCUT2D eigenvalue weighted by molar-refractivity contribution is 5.28. The van der Waals surface area contributed by atoms with Gasteiger partial charge in [-0.05, 0) is 39.3 Å². The van der Waals surface area contributed by atoms with Crippen molar-refractivity contribution in [3.63, 3.8) is 0 Å². The second kappa shape index (κ2) is 5.65. The average Bonchev–Trinajstić information content (AvgIpc) is 3.06. The molecule has 1 aliphatic carbocycles. The Kier molecular flexibility index (Phi) is 4.19. The predicted molar refractivity (Wildman–Crippen MR) is 73.3 cm³/mol. The second-order valence-electron chi connectivity index (χ2n) is 5.38. The normalized spacial score (nSPS) is 15.5. The monoisotopic (exact) mass is 232 g/mol. The maximum Gasteiger partial charge on any atom is 0.0206 e. The number of likely N-dealkylation sites (N-methyl/N-ethyl adjacent to an activating group) is 1. The number of aryl methyl sites for hydroxylation is 2. The van der Waals surface area contributed by atoms with Gasteiger partial charge in [-0.3, -0.25) is 0 Å². The van der Waals surface area contributed by atoms with Crippen LogP contribution in [0.2, 0.25) is 0 Å². The summed E-state index contributed by atoms with van der Waals surface area (Å²) in [5.41, 5.74) is 4.12. The van der Waals surface area contributed by atoms with Crippen LogP contribution in [0.15, 0.2) is 18.2 Å². The topological polar surface area (TPSA) is 15.3 Å². The van der Waals surface area contributed by atoms with Crippen LogP contribution in [0.25, 0.3) is 0 Å². The highest BCUT2D eigenvalue weighted by atomic mass is 15.2. The Morgan fingerprint density at radius 2 is 1.82 bits per heavy atom. The first-order valence-corrected chi connectivity index (χ1v) is 6.63. The molecule has 2 nitrogen and oxygen atoms in total. The van der Waals surface area contributed by atoms with Gasteiger partial charge in [-0.15, -0.1) is 0 Å². The van der Waals surface area contributed by atoms with E-state index in [2.05, 4.69) is 49.3 Å². The van der Waals surface area contributed by atoms with Crippen molar-refractivity contribution < 1.29 is 0 Å². The molecule has 1 aromatic rings. The molecule has 17 heavy (non-hydrogen) atoms. The van der Waals surface area contributed by atoms with Crippen molar-refractivity contribution in [2.45, 2.75) is 39.3 Å². The molecule has 1 saturated carbocycles. The lowest BCUT2D eigenvalue weighted by Gasteiger charge is -2.15. The van der Waals surface area contributed by atoms with Crippen molar-refractivity contribution >= 4 is 0 Å². The van der Waals surface area contributed by atoms with Gasteiger partial charge in [-0.1, -0.05) is 29.3 Å². The molecule has 2 rings (SSSR count). The molecule has 0 amide bonds. The minimum atomic E-state index is 0.873. The Morgan fingerprint density at radius 1 is 1.18 bits per heavy atom. The van der Waals surface area contributed by atoms with E-state index in [-0.39, 0.29) is 0 Å². The Balaban J connectivity index is 1.70. The Labute approximate surface area is 105 Å². The summed E-state index contributed by atoms with van der Waals surface area (Å²) in [6, 6.07) is 7.64. The fourth-order valence-electron chi connectivity index (χ4n) is 2.36. The fraction of sp³-hybridized carbons (Fsp3) is 0.600. The van der Waals surface area contributed by atoms with E-state index in [1.54, 1.807) is 0 Å². The minimum absolute atomic E-state index is 0.873. The van der Waals surface area contributed by atoms with Crippen molar-refractivity contribution in [1.82, 2.24) is 10.2 Å². The van der Waals surface area contributed by atoms with Crippen LogP contribution in [0.1, 0.15) is 29.5 Å². The number of hydrogen-bond acceptors (Lipinski definition) is 2. The first-order valence-electron chi connectivity index (χ1n) is 6.63. The molecule has 0 heterocycles. The average molecular weight is 232 g/mol. The number of nitrogens with zero attached hydrogens (tertiary/aromatic N) is 1. The molecule has 0 spiro atoms. The molecule has 2 heteroatoms. The molecule has 1 fully saturated rings. The Morgan fingerprint density at radius 3 is 2.41 bits per heavy atom. The molecule has 0 saturated heterocycles. The molecule has 94 valence electrons. The van der Waals surface area contributed by atoms with Crippen LogP contribution >= 0.6 is 0 Å². The molecular formula is C15H24N2. The van der Waals surface area contributed by atoms with Gasteiger partial charge in [0.25, 0.3) is 0 Å². The summed E-state index contributed by atoms with van der Waals surface area (Å²) in [7, 11) is 2.23. The lowest BCUT2D eigenvalue weighted by atomic mass is 10.1. The smallest absolute Gasteiger partial charge is 0.0206 e. The maximum absolute atomic E-state index is 3.53. The van der Waals surface area contributed by atoms with Crippen LogP contribution in [0, 0.1) is 13.8 Å². The molecule has 0 unspecified atom stereocenters. The molecule has 1 aliphatic rings. The Hall–Kier alpha value is -0.860. The predicted octanol–water partition coefficient (Wildman–Crippen LogP) is 2.49. The third kappa shape index (κ3) is 4.14. The Bertz CT molecular complexity index is 349. The zero-order valence-corrected chi connectivity index (χ0v) is 11.3. The van der Waals surface area contributed by atoms with Gasteiger partial charge in [0.15, 0.2) is 0 Å². The standard InChI is InChI=1S/C15H24N2/c1-12-8-13(2)10-14(9-12)11-16-6-7-17(3)15-4-5-15/h8-10,15-16H,4-7,11H2,1-3H3. The number of benzene rings is 1. The van der Waals surface area contributed by atoms with Gasteiger partial charge in [-0.2, -0.15) is 0 Å². The van der Waals surface area contributed by atoms with Crippen LogP contribution < -0.4 is 5.32 Å². The van der Waals surface area contributed by atoms with Crippen molar-refractivity contribution in [1.29, 1.82) is 0 Å². The molecular weight excluding hydrogens is 208 g/mol. The quantitative estimate of drug-likeness (QED) is 0.758. The van der Waals surface area contributed by atoms with E-state index >= 15 is 0 Å². The fourth-order valence-corrected chi connectivity index (χ4v) is 2.36. The molecule has 0 radical (unpaired) electrons. The van der Waals surface area contributed by atoms with E-state index in [9.17, 15) is 0 Å². The molecule has 0 atom stereocenters. The summed E-state index contributed by atoms with van der Waals surface area (Å²) >= 11 is 0. The van der Waals surface area contributed by atoms with E-state index in [1.165, 1.54) is 29.5 Å². The zero-order chi connectivity index (χ0) is 12.3. The molecule has 0 aromatic heterocycles. The van der Waals surface area contributed by atoms with Crippen molar-refractivity contribution in [3.05, 3.63) is 34.9 Å². The summed E-state index contributed by atoms with van der Waals surface area (Å²) < 4.78 is 0. The zero-order valence-electron chi connectivity index (χ0n) is 11.3. The second-order valence-corrected chi connectivity index (χ2v) is 5.38. The van der Waals surface area contributed by atoms with Crippen LogP contribution in [0.3, 0.4) is 0 Å². The molecule has 1 aromatic carbocycles. The SMILES string of the molecule is Cc1cc(C)cc(CNCCN(C)C2CC2)c1. The van der Waals surface area contributed by atoms with Crippen LogP contribution in [-0.4, -0.2) is 31.1 Å². The highest BCUT2D eigenvalue weighted by Crippen LogP contribution is 2.24. The summed E-state index contributed by atoms with van der Waals surface area (Å²) in [6.45, 7) is 7.56. The van der Waals surface area contributed by atoms with Crippen LogP contribution in [0.5, 0.6) is 0 Å². The van der Waals surface area contributed by atoms with Crippen molar-refractivity contribution in [2.75, 3.05) is 20.1 Å². The molecule has 1 N–H and O–H groups in total. The summed E-state index contributed by atoms with van der Waals surface area (Å²) in [6.07, 6.45) is 2.79. The van der Waals surface area contributed by atoms with E-state index in [4.69, 9.17) is 0 Å². The first-order chi connectivity index (χ1) is 8.15. The molecule has 0 aliphatic heterocycles. The molecule has 0 bridgehead atoms. The van der Waals surface area contributed by atoms with E-state index in [0.717, 1.165) is 25.7 Å². The summed E-state index contributed by atoms with van der Waals surface area (Å²) in [4.78, 5) is 2.47. The first kappa shape index (κ1) is 12.6. The minimum Gasteiger partial charge on any atom is -0.311 e. The van der Waals surface area contributed by atoms with E-state index in [0.29, 0.717) is 0 Å². The largest absolute Gasteiger partial charge is 0.311 e.